The summed E-state index contributed by atoms with van der Waals surface area (Å²) < 4.78 is 4.83. The Morgan fingerprint density at radius 1 is 0.893 bits per heavy atom. The number of aliphatic hydroxyl groups is 2. The summed E-state index contributed by atoms with van der Waals surface area (Å²) in [6.45, 7) is 0. The molecule has 0 saturated heterocycles. The molecule has 0 aliphatic carbocycles. The fraction of sp³-hybridized carbons (Fsp3) is 0.217. The van der Waals surface area contributed by atoms with Crippen molar-refractivity contribution in [3.8, 4) is 0 Å². The summed E-state index contributed by atoms with van der Waals surface area (Å²) >= 11 is 0. The number of hydrogen-bond acceptors (Lipinski definition) is 5. The molecule has 28 heavy (non-hydrogen) atoms. The molecular weight excluding hydrogens is 354 g/mol. The Hall–Kier alpha value is -3.34. The van der Waals surface area contributed by atoms with E-state index in [9.17, 15) is 9.90 Å². The van der Waals surface area contributed by atoms with Gasteiger partial charge in [-0.15, -0.1) is 0 Å². The highest BCUT2D eigenvalue weighted by molar-refractivity contribution is 5.88. The molecule has 0 saturated carbocycles. The van der Waals surface area contributed by atoms with Crippen LogP contribution in [0.4, 0.5) is 0 Å². The molecule has 1 unspecified atom stereocenters. The number of nitrogens with zero attached hydrogens (tertiary/aromatic N) is 1. The molecule has 5 nitrogen and oxygen atoms in total. The van der Waals surface area contributed by atoms with Gasteiger partial charge in [0, 0.05) is 11.6 Å². The van der Waals surface area contributed by atoms with E-state index in [4.69, 9.17) is 9.84 Å². The first-order valence-electron chi connectivity index (χ1n) is 9.32. The molecule has 1 aliphatic rings. The second-order valence-corrected chi connectivity index (χ2v) is 6.56. The molecule has 4 rings (SSSR count). The summed E-state index contributed by atoms with van der Waals surface area (Å²) in [7, 11) is 0. The van der Waals surface area contributed by atoms with Gasteiger partial charge in [0.25, 0.3) is 0 Å². The number of esters is 1. The van der Waals surface area contributed by atoms with E-state index in [1.165, 1.54) is 10.9 Å². The lowest BCUT2D eigenvalue weighted by Gasteiger charge is -2.09. The van der Waals surface area contributed by atoms with Crippen molar-refractivity contribution in [3.63, 3.8) is 0 Å². The predicted octanol–water partition coefficient (Wildman–Crippen LogP) is 4.89. The van der Waals surface area contributed by atoms with Gasteiger partial charge in [0.2, 0.25) is 5.76 Å². The van der Waals surface area contributed by atoms with Crippen LogP contribution < -0.4 is 0 Å². The molecule has 0 radical (unpaired) electrons. The normalized spacial score (nSPS) is 15.9. The molecule has 2 heterocycles. The lowest BCUT2D eigenvalue weighted by atomic mass is 10.0. The standard InChI is InChI=1S/C14H16O4.C9H7N/c15-12-11(18-14(17)13(12)16)9-5-4-8-10-6-2-1-3-7-10;1-2-6-9-8(4-1)5-3-7-10-9/h1-3,6-7,11,15-16H,4-5,8-9H2;1-7H. The number of aryl methyl sites for hydroxylation is 1. The van der Waals surface area contributed by atoms with E-state index in [1.54, 1.807) is 0 Å². The minimum absolute atomic E-state index is 0.334. The fourth-order valence-electron chi connectivity index (χ4n) is 3.01. The number of unbranched alkanes of at least 4 members (excludes halogenated alkanes) is 1. The molecule has 144 valence electrons. The van der Waals surface area contributed by atoms with Crippen LogP contribution in [0.3, 0.4) is 0 Å². The highest BCUT2D eigenvalue weighted by Crippen LogP contribution is 2.23. The first kappa shape index (κ1) is 19.4. The molecule has 0 amide bonds. The third-order valence-electron chi connectivity index (χ3n) is 4.53. The van der Waals surface area contributed by atoms with Crippen LogP contribution in [0, 0.1) is 0 Å². The number of aromatic nitrogens is 1. The van der Waals surface area contributed by atoms with Gasteiger partial charge in [0.1, 0.15) is 0 Å². The van der Waals surface area contributed by atoms with Gasteiger partial charge in [-0.3, -0.25) is 4.98 Å². The number of cyclic esters (lactones) is 1. The van der Waals surface area contributed by atoms with Crippen molar-refractivity contribution >= 4 is 16.9 Å². The predicted molar refractivity (Wildman–Crippen MR) is 108 cm³/mol. The Morgan fingerprint density at radius 2 is 1.61 bits per heavy atom. The monoisotopic (exact) mass is 377 g/mol. The lowest BCUT2D eigenvalue weighted by molar-refractivity contribution is -0.142. The SMILES string of the molecule is O=C1OC(CCCCc2ccccc2)C(O)=C1O.c1ccc2ncccc2c1. The number of carbonyl (C=O) groups is 1. The van der Waals surface area contributed by atoms with Crippen molar-refractivity contribution in [2.24, 2.45) is 0 Å². The first-order chi connectivity index (χ1) is 13.6. The number of pyridine rings is 1. The number of rotatable bonds is 5. The van der Waals surface area contributed by atoms with Crippen molar-refractivity contribution in [3.05, 3.63) is 90.0 Å². The molecule has 2 N–H and O–H groups in total. The third kappa shape index (κ3) is 5.10. The summed E-state index contributed by atoms with van der Waals surface area (Å²) in [4.78, 5) is 15.1. The average Bonchev–Trinajstić information content (AvgIpc) is 2.99. The van der Waals surface area contributed by atoms with Crippen LogP contribution >= 0.6 is 0 Å². The van der Waals surface area contributed by atoms with Gasteiger partial charge >= 0.3 is 5.97 Å². The van der Waals surface area contributed by atoms with Gasteiger partial charge < -0.3 is 14.9 Å². The zero-order valence-corrected chi connectivity index (χ0v) is 15.5. The summed E-state index contributed by atoms with van der Waals surface area (Å²) in [6, 6.07) is 22.2. The second-order valence-electron chi connectivity index (χ2n) is 6.56. The van der Waals surface area contributed by atoms with Gasteiger partial charge in [-0.1, -0.05) is 54.6 Å². The van der Waals surface area contributed by atoms with Crippen LogP contribution in [0.25, 0.3) is 10.9 Å². The van der Waals surface area contributed by atoms with E-state index in [1.807, 2.05) is 48.7 Å². The van der Waals surface area contributed by atoms with Crippen LogP contribution in [0.15, 0.2) is 84.4 Å². The zero-order valence-electron chi connectivity index (χ0n) is 15.5. The molecule has 3 aromatic rings. The zero-order chi connectivity index (χ0) is 19.8. The molecule has 0 bridgehead atoms. The molecule has 1 aromatic heterocycles. The molecule has 0 fully saturated rings. The molecular formula is C23H23NO4. The van der Waals surface area contributed by atoms with E-state index in [0.29, 0.717) is 6.42 Å². The Balaban J connectivity index is 0.000000188. The summed E-state index contributed by atoms with van der Waals surface area (Å²) in [5.41, 5.74) is 2.33. The van der Waals surface area contributed by atoms with E-state index in [-0.39, 0.29) is 5.76 Å². The maximum atomic E-state index is 11.0. The van der Waals surface area contributed by atoms with Gasteiger partial charge in [-0.2, -0.15) is 0 Å². The minimum atomic E-state index is -0.833. The van der Waals surface area contributed by atoms with Crippen LogP contribution in [0.5, 0.6) is 0 Å². The number of fused-ring (bicyclic) bond motifs is 1. The number of aliphatic hydroxyl groups excluding tert-OH is 2. The number of hydrogen-bond donors (Lipinski definition) is 2. The van der Waals surface area contributed by atoms with E-state index < -0.39 is 17.8 Å². The topological polar surface area (TPSA) is 79.7 Å². The van der Waals surface area contributed by atoms with Gasteiger partial charge in [-0.05, 0) is 43.4 Å². The Morgan fingerprint density at radius 3 is 2.32 bits per heavy atom. The number of carbonyl (C=O) groups excluding carboxylic acids is 1. The van der Waals surface area contributed by atoms with E-state index in [0.717, 1.165) is 24.8 Å². The summed E-state index contributed by atoms with van der Waals surface area (Å²) in [6.07, 6.45) is 4.40. The number of para-hydroxylation sites is 1. The highest BCUT2D eigenvalue weighted by atomic mass is 16.6. The second kappa shape index (κ2) is 9.55. The number of ether oxygens (including phenoxy) is 1. The highest BCUT2D eigenvalue weighted by Gasteiger charge is 2.33. The van der Waals surface area contributed by atoms with E-state index >= 15 is 0 Å². The molecule has 1 atom stereocenters. The van der Waals surface area contributed by atoms with Crippen LogP contribution in [-0.4, -0.2) is 27.3 Å². The van der Waals surface area contributed by atoms with Crippen LogP contribution in [-0.2, 0) is 16.0 Å². The Labute approximate surface area is 163 Å². The maximum Gasteiger partial charge on any atom is 0.377 e. The van der Waals surface area contributed by atoms with Gasteiger partial charge in [0.15, 0.2) is 11.9 Å². The van der Waals surface area contributed by atoms with Gasteiger partial charge in [0.05, 0.1) is 5.52 Å². The summed E-state index contributed by atoms with van der Waals surface area (Å²) in [5.74, 6) is -1.82. The fourth-order valence-corrected chi connectivity index (χ4v) is 3.01. The number of benzene rings is 2. The van der Waals surface area contributed by atoms with Crippen molar-refractivity contribution < 1.29 is 19.7 Å². The Kier molecular flexibility index (Phi) is 6.63. The smallest absolute Gasteiger partial charge is 0.377 e. The molecule has 5 heteroatoms. The van der Waals surface area contributed by atoms with Crippen molar-refractivity contribution in [1.29, 1.82) is 0 Å². The quantitative estimate of drug-likeness (QED) is 0.489. The maximum absolute atomic E-state index is 11.0. The van der Waals surface area contributed by atoms with Crippen LogP contribution in [0.2, 0.25) is 0 Å². The minimum Gasteiger partial charge on any atom is -0.505 e. The van der Waals surface area contributed by atoms with Crippen molar-refractivity contribution in [2.45, 2.75) is 31.8 Å². The molecule has 2 aromatic carbocycles. The van der Waals surface area contributed by atoms with Crippen molar-refractivity contribution in [2.75, 3.05) is 0 Å². The van der Waals surface area contributed by atoms with Crippen LogP contribution in [0.1, 0.15) is 24.8 Å². The average molecular weight is 377 g/mol. The Bertz CT molecular complexity index is 887. The van der Waals surface area contributed by atoms with Crippen molar-refractivity contribution in [1.82, 2.24) is 4.98 Å². The first-order valence-corrected chi connectivity index (χ1v) is 9.32. The molecule has 1 aliphatic heterocycles. The molecule has 0 spiro atoms. The largest absolute Gasteiger partial charge is 0.505 e. The third-order valence-corrected chi connectivity index (χ3v) is 4.53. The summed E-state index contributed by atoms with van der Waals surface area (Å²) in [5, 5.41) is 19.8. The lowest BCUT2D eigenvalue weighted by Crippen LogP contribution is -2.11. The van der Waals surface area contributed by atoms with Gasteiger partial charge in [-0.25, -0.2) is 4.79 Å². The van der Waals surface area contributed by atoms with E-state index in [2.05, 4.69) is 29.2 Å².